The third-order valence-corrected chi connectivity index (χ3v) is 3.16. The van der Waals surface area contributed by atoms with Crippen LogP contribution in [0.1, 0.15) is 32.8 Å². The molecule has 3 nitrogen and oxygen atoms in total. The summed E-state index contributed by atoms with van der Waals surface area (Å²) in [6.45, 7) is 5.10. The Balaban J connectivity index is 2.93. The van der Waals surface area contributed by atoms with Crippen molar-refractivity contribution in [1.29, 1.82) is 0 Å². The first-order valence-electron chi connectivity index (χ1n) is 6.10. The fraction of sp³-hybridized carbons (Fsp3) is 0.500. The lowest BCUT2D eigenvalue weighted by Gasteiger charge is -2.27. The molecule has 18 heavy (non-hydrogen) atoms. The van der Waals surface area contributed by atoms with E-state index in [1.165, 1.54) is 6.07 Å². The number of amides is 1. The molecule has 0 spiro atoms. The highest BCUT2D eigenvalue weighted by Gasteiger charge is 2.33. The number of halogens is 1. The second-order valence-electron chi connectivity index (χ2n) is 4.87. The van der Waals surface area contributed by atoms with Crippen molar-refractivity contribution in [3.8, 4) is 0 Å². The van der Waals surface area contributed by atoms with E-state index in [1.807, 2.05) is 6.92 Å². The zero-order valence-electron chi connectivity index (χ0n) is 11.0. The molecule has 0 aliphatic heterocycles. The molecule has 1 aromatic carbocycles. The van der Waals surface area contributed by atoms with Crippen LogP contribution in [0, 0.1) is 5.82 Å². The predicted molar refractivity (Wildman–Crippen MR) is 68.7 cm³/mol. The fourth-order valence-corrected chi connectivity index (χ4v) is 1.73. The molecule has 1 unspecified atom stereocenters. The number of aliphatic hydroxyl groups excluding tert-OH is 1. The highest BCUT2D eigenvalue weighted by molar-refractivity contribution is 5.87. The monoisotopic (exact) mass is 253 g/mol. The van der Waals surface area contributed by atoms with E-state index in [9.17, 15) is 9.18 Å². The van der Waals surface area contributed by atoms with Crippen LogP contribution in [0.15, 0.2) is 24.3 Å². The van der Waals surface area contributed by atoms with Crippen LogP contribution in [0.25, 0.3) is 0 Å². The molecule has 1 atom stereocenters. The lowest BCUT2D eigenvalue weighted by Crippen LogP contribution is -2.46. The van der Waals surface area contributed by atoms with Gasteiger partial charge in [0.2, 0.25) is 5.91 Å². The van der Waals surface area contributed by atoms with Gasteiger partial charge >= 0.3 is 0 Å². The Morgan fingerprint density at radius 3 is 2.56 bits per heavy atom. The fourth-order valence-electron chi connectivity index (χ4n) is 1.73. The Morgan fingerprint density at radius 1 is 1.44 bits per heavy atom. The van der Waals surface area contributed by atoms with E-state index in [-0.39, 0.29) is 18.6 Å². The lowest BCUT2D eigenvalue weighted by molar-refractivity contribution is -0.126. The Kier molecular flexibility index (Phi) is 4.84. The molecule has 0 radical (unpaired) electrons. The van der Waals surface area contributed by atoms with Crippen molar-refractivity contribution < 1.29 is 14.3 Å². The topological polar surface area (TPSA) is 49.3 Å². The normalized spacial score (nSPS) is 13.2. The molecular weight excluding hydrogens is 233 g/mol. The highest BCUT2D eigenvalue weighted by Crippen LogP contribution is 2.26. The van der Waals surface area contributed by atoms with Crippen LogP contribution < -0.4 is 5.32 Å². The van der Waals surface area contributed by atoms with Crippen molar-refractivity contribution in [3.05, 3.63) is 35.6 Å². The molecule has 0 saturated carbocycles. The highest BCUT2D eigenvalue weighted by atomic mass is 19.1. The van der Waals surface area contributed by atoms with Crippen molar-refractivity contribution in [3.63, 3.8) is 0 Å². The standard InChI is InChI=1S/C14H20FNO2/c1-4-10(9-17)16-13(18)14(2,3)11-7-5-6-8-12(11)15/h5-8,10,17H,4,9H2,1-3H3,(H,16,18). The minimum Gasteiger partial charge on any atom is -0.394 e. The predicted octanol–water partition coefficient (Wildman–Crippen LogP) is 1.99. The summed E-state index contributed by atoms with van der Waals surface area (Å²) in [7, 11) is 0. The van der Waals surface area contributed by atoms with Gasteiger partial charge in [-0.1, -0.05) is 25.1 Å². The van der Waals surface area contributed by atoms with E-state index in [0.29, 0.717) is 12.0 Å². The Hall–Kier alpha value is -1.42. The summed E-state index contributed by atoms with van der Waals surface area (Å²) in [4.78, 5) is 12.2. The summed E-state index contributed by atoms with van der Waals surface area (Å²) in [6, 6.07) is 5.96. The summed E-state index contributed by atoms with van der Waals surface area (Å²) in [5.74, 6) is -0.678. The molecule has 4 heteroatoms. The maximum absolute atomic E-state index is 13.7. The van der Waals surface area contributed by atoms with E-state index in [1.54, 1.807) is 32.0 Å². The molecule has 1 amide bonds. The van der Waals surface area contributed by atoms with Gasteiger partial charge in [-0.05, 0) is 26.3 Å². The number of carbonyl (C=O) groups is 1. The molecule has 0 bridgehead atoms. The van der Waals surface area contributed by atoms with Gasteiger partial charge in [0.05, 0.1) is 18.1 Å². The van der Waals surface area contributed by atoms with Crippen molar-refractivity contribution >= 4 is 5.91 Å². The van der Waals surface area contributed by atoms with Crippen LogP contribution in [-0.4, -0.2) is 23.7 Å². The summed E-state index contributed by atoms with van der Waals surface area (Å²) < 4.78 is 13.7. The van der Waals surface area contributed by atoms with Gasteiger partial charge in [-0.3, -0.25) is 4.79 Å². The van der Waals surface area contributed by atoms with E-state index in [0.717, 1.165) is 0 Å². The molecule has 2 N–H and O–H groups in total. The molecule has 0 aliphatic carbocycles. The second kappa shape index (κ2) is 5.96. The Labute approximate surface area is 107 Å². The van der Waals surface area contributed by atoms with Gasteiger partial charge in [-0.15, -0.1) is 0 Å². The Morgan fingerprint density at radius 2 is 2.06 bits per heavy atom. The molecular formula is C14H20FNO2. The maximum atomic E-state index is 13.7. The molecule has 0 fully saturated rings. The van der Waals surface area contributed by atoms with Gasteiger partial charge in [-0.2, -0.15) is 0 Å². The van der Waals surface area contributed by atoms with Gasteiger partial charge in [0.15, 0.2) is 0 Å². The van der Waals surface area contributed by atoms with Gasteiger partial charge < -0.3 is 10.4 Å². The lowest BCUT2D eigenvalue weighted by atomic mass is 9.83. The number of hydrogen-bond acceptors (Lipinski definition) is 2. The average molecular weight is 253 g/mol. The van der Waals surface area contributed by atoms with Crippen LogP contribution in [0.2, 0.25) is 0 Å². The zero-order chi connectivity index (χ0) is 13.8. The van der Waals surface area contributed by atoms with Crippen LogP contribution in [0.3, 0.4) is 0 Å². The van der Waals surface area contributed by atoms with Gasteiger partial charge in [0.25, 0.3) is 0 Å². The van der Waals surface area contributed by atoms with Gasteiger partial charge in [0.1, 0.15) is 5.82 Å². The van der Waals surface area contributed by atoms with Gasteiger partial charge in [0, 0.05) is 5.56 Å². The van der Waals surface area contributed by atoms with Crippen molar-refractivity contribution in [2.75, 3.05) is 6.61 Å². The number of carbonyl (C=O) groups excluding carboxylic acids is 1. The van der Waals surface area contributed by atoms with E-state index < -0.39 is 11.2 Å². The molecule has 100 valence electrons. The minimum atomic E-state index is -0.964. The van der Waals surface area contributed by atoms with E-state index in [2.05, 4.69) is 5.32 Å². The summed E-state index contributed by atoms with van der Waals surface area (Å²) in [5.41, 5.74) is -0.608. The first-order valence-corrected chi connectivity index (χ1v) is 6.10. The molecule has 0 heterocycles. The largest absolute Gasteiger partial charge is 0.394 e. The molecule has 0 saturated heterocycles. The zero-order valence-corrected chi connectivity index (χ0v) is 11.0. The van der Waals surface area contributed by atoms with Crippen LogP contribution >= 0.6 is 0 Å². The number of benzene rings is 1. The van der Waals surface area contributed by atoms with Crippen molar-refractivity contribution in [2.24, 2.45) is 0 Å². The van der Waals surface area contributed by atoms with Crippen molar-refractivity contribution in [1.82, 2.24) is 5.32 Å². The van der Waals surface area contributed by atoms with Crippen LogP contribution in [0.4, 0.5) is 4.39 Å². The SMILES string of the molecule is CCC(CO)NC(=O)C(C)(C)c1ccccc1F. The summed E-state index contributed by atoms with van der Waals surface area (Å²) >= 11 is 0. The summed E-state index contributed by atoms with van der Waals surface area (Å²) in [5, 5.41) is 11.8. The number of hydrogen-bond donors (Lipinski definition) is 2. The van der Waals surface area contributed by atoms with Crippen molar-refractivity contribution in [2.45, 2.75) is 38.6 Å². The second-order valence-corrected chi connectivity index (χ2v) is 4.87. The molecule has 0 aromatic heterocycles. The first kappa shape index (κ1) is 14.6. The van der Waals surface area contributed by atoms with E-state index >= 15 is 0 Å². The Bertz CT molecular complexity index is 414. The first-order chi connectivity index (χ1) is 8.43. The quantitative estimate of drug-likeness (QED) is 0.843. The summed E-state index contributed by atoms with van der Waals surface area (Å²) in [6.07, 6.45) is 0.635. The number of aliphatic hydroxyl groups is 1. The van der Waals surface area contributed by atoms with Crippen LogP contribution in [0.5, 0.6) is 0 Å². The molecule has 1 rings (SSSR count). The number of nitrogens with one attached hydrogen (secondary N) is 1. The maximum Gasteiger partial charge on any atom is 0.230 e. The minimum absolute atomic E-state index is 0.115. The smallest absolute Gasteiger partial charge is 0.230 e. The third kappa shape index (κ3) is 3.07. The van der Waals surface area contributed by atoms with Crippen LogP contribution in [-0.2, 0) is 10.2 Å². The number of rotatable bonds is 5. The molecule has 0 aliphatic rings. The third-order valence-electron chi connectivity index (χ3n) is 3.16. The average Bonchev–Trinajstić information content (AvgIpc) is 2.35. The molecule has 1 aromatic rings. The van der Waals surface area contributed by atoms with Gasteiger partial charge in [-0.25, -0.2) is 4.39 Å². The van der Waals surface area contributed by atoms with E-state index in [4.69, 9.17) is 5.11 Å².